The van der Waals surface area contributed by atoms with Crippen LogP contribution < -0.4 is 10.6 Å². The number of carbonyl (C=O) groups excluding carboxylic acids is 1. The van der Waals surface area contributed by atoms with E-state index in [1.165, 1.54) is 12.0 Å². The molecule has 2 aliphatic rings. The fourth-order valence-corrected chi connectivity index (χ4v) is 4.14. The first-order valence-corrected chi connectivity index (χ1v) is 10.6. The van der Waals surface area contributed by atoms with Crippen LogP contribution in [-0.4, -0.2) is 36.9 Å². The zero-order chi connectivity index (χ0) is 20.1. The molecule has 1 atom stereocenters. The van der Waals surface area contributed by atoms with E-state index in [4.69, 9.17) is 0 Å². The van der Waals surface area contributed by atoms with Crippen molar-refractivity contribution in [2.75, 3.05) is 25.5 Å². The number of aliphatic imine (C=N–C) groups is 1. The first kappa shape index (κ1) is 22.6. The van der Waals surface area contributed by atoms with Gasteiger partial charge in [0.2, 0.25) is 5.91 Å². The second-order valence-corrected chi connectivity index (χ2v) is 8.06. The third kappa shape index (κ3) is 5.53. The van der Waals surface area contributed by atoms with E-state index < -0.39 is 0 Å². The molecule has 2 aromatic carbocycles. The molecule has 0 aromatic heterocycles. The summed E-state index contributed by atoms with van der Waals surface area (Å²) in [6.07, 6.45) is 4.35. The molecule has 1 heterocycles. The van der Waals surface area contributed by atoms with Gasteiger partial charge in [-0.05, 0) is 42.5 Å². The molecule has 2 fully saturated rings. The average molecular weight is 518 g/mol. The first-order chi connectivity index (χ1) is 14.2. The van der Waals surface area contributed by atoms with Crippen LogP contribution in [-0.2, 0) is 11.3 Å². The van der Waals surface area contributed by atoms with E-state index in [0.29, 0.717) is 12.5 Å². The van der Waals surface area contributed by atoms with E-state index in [-0.39, 0.29) is 35.8 Å². The van der Waals surface area contributed by atoms with Gasteiger partial charge in [0, 0.05) is 44.2 Å². The number of amides is 1. The van der Waals surface area contributed by atoms with E-state index in [0.717, 1.165) is 49.6 Å². The minimum absolute atomic E-state index is 0. The summed E-state index contributed by atoms with van der Waals surface area (Å²) in [7, 11) is 1.84. The Labute approximate surface area is 196 Å². The van der Waals surface area contributed by atoms with Gasteiger partial charge in [-0.1, -0.05) is 48.9 Å². The molecule has 1 saturated carbocycles. The molecule has 1 amide bonds. The van der Waals surface area contributed by atoms with E-state index in [2.05, 4.69) is 56.9 Å². The van der Waals surface area contributed by atoms with Gasteiger partial charge in [-0.2, -0.15) is 0 Å². The van der Waals surface area contributed by atoms with Gasteiger partial charge in [0.1, 0.15) is 0 Å². The molecule has 160 valence electrons. The summed E-state index contributed by atoms with van der Waals surface area (Å²) in [5.74, 6) is 1.84. The van der Waals surface area contributed by atoms with Crippen molar-refractivity contribution in [3.8, 4) is 0 Å². The lowest BCUT2D eigenvalue weighted by Crippen LogP contribution is -2.39. The van der Waals surface area contributed by atoms with E-state index >= 15 is 0 Å². The molecule has 2 N–H and O–H groups in total. The van der Waals surface area contributed by atoms with Gasteiger partial charge in [-0.3, -0.25) is 9.79 Å². The third-order valence-corrected chi connectivity index (χ3v) is 6.09. The van der Waals surface area contributed by atoms with Gasteiger partial charge in [-0.25, -0.2) is 0 Å². The molecule has 1 aliphatic carbocycles. The predicted octanol–water partition coefficient (Wildman–Crippen LogP) is 4.61. The summed E-state index contributed by atoms with van der Waals surface area (Å²) >= 11 is 0. The van der Waals surface area contributed by atoms with E-state index in [1.807, 2.05) is 25.2 Å². The number of likely N-dealkylation sites (tertiary alicyclic amines) is 1. The topological polar surface area (TPSA) is 56.7 Å². The van der Waals surface area contributed by atoms with Crippen LogP contribution in [0.5, 0.6) is 0 Å². The molecule has 0 spiro atoms. The number of hydrogen-bond acceptors (Lipinski definition) is 2. The summed E-state index contributed by atoms with van der Waals surface area (Å²) in [4.78, 5) is 19.0. The Hall–Kier alpha value is -2.09. The number of benzene rings is 2. The molecule has 1 saturated heterocycles. The molecule has 0 radical (unpaired) electrons. The van der Waals surface area contributed by atoms with Gasteiger partial charge in [-0.15, -0.1) is 24.0 Å². The van der Waals surface area contributed by atoms with Gasteiger partial charge in [0.25, 0.3) is 0 Å². The zero-order valence-corrected chi connectivity index (χ0v) is 19.8. The molecular weight excluding hydrogens is 487 g/mol. The number of halogens is 1. The maximum absolute atomic E-state index is 12.2. The number of carbonyl (C=O) groups is 1. The monoisotopic (exact) mass is 518 g/mol. The number of guanidine groups is 1. The minimum atomic E-state index is 0. The smallest absolute Gasteiger partial charge is 0.227 e. The van der Waals surface area contributed by atoms with Gasteiger partial charge in [0.15, 0.2) is 5.96 Å². The third-order valence-electron chi connectivity index (χ3n) is 6.09. The largest absolute Gasteiger partial charge is 0.352 e. The number of hydrogen-bond donors (Lipinski definition) is 2. The Balaban J connectivity index is 0.00000256. The van der Waals surface area contributed by atoms with Gasteiger partial charge < -0.3 is 15.5 Å². The first-order valence-electron chi connectivity index (χ1n) is 10.6. The standard InChI is InChI=1S/C24H30N4O.HI/c1-25-24(28-14-13-21(17-28)19-8-3-2-4-9-19)26-16-18-7-5-12-22(15-18)27-23(29)20-10-6-11-20;/h2-5,7-9,12,15,20-21H,6,10-11,13-14,16-17H2,1H3,(H,25,26)(H,27,29);1H. The van der Waals surface area contributed by atoms with Crippen molar-refractivity contribution in [3.63, 3.8) is 0 Å². The van der Waals surface area contributed by atoms with Crippen LogP contribution in [0.3, 0.4) is 0 Å². The molecule has 1 unspecified atom stereocenters. The van der Waals surface area contributed by atoms with Gasteiger partial charge >= 0.3 is 0 Å². The van der Waals surface area contributed by atoms with Crippen LogP contribution in [0.15, 0.2) is 59.6 Å². The lowest BCUT2D eigenvalue weighted by molar-refractivity contribution is -0.122. The van der Waals surface area contributed by atoms with Crippen molar-refractivity contribution in [1.29, 1.82) is 0 Å². The quantitative estimate of drug-likeness (QED) is 0.346. The van der Waals surface area contributed by atoms with E-state index in [9.17, 15) is 4.79 Å². The second kappa shape index (κ2) is 10.8. The molecular formula is C24H31IN4O. The van der Waals surface area contributed by atoms with Crippen LogP contribution in [0.2, 0.25) is 0 Å². The highest BCUT2D eigenvalue weighted by Crippen LogP contribution is 2.28. The van der Waals surface area contributed by atoms with Gasteiger partial charge in [0.05, 0.1) is 0 Å². The highest BCUT2D eigenvalue weighted by atomic mass is 127. The van der Waals surface area contributed by atoms with Crippen molar-refractivity contribution in [2.45, 2.75) is 38.1 Å². The van der Waals surface area contributed by atoms with Crippen LogP contribution in [0.1, 0.15) is 42.7 Å². The normalized spacial score (nSPS) is 19.0. The second-order valence-electron chi connectivity index (χ2n) is 8.06. The Morgan fingerprint density at radius 3 is 2.60 bits per heavy atom. The summed E-state index contributed by atoms with van der Waals surface area (Å²) in [5.41, 5.74) is 3.42. The van der Waals surface area contributed by atoms with Crippen LogP contribution in [0, 0.1) is 5.92 Å². The summed E-state index contributed by atoms with van der Waals surface area (Å²) < 4.78 is 0. The maximum atomic E-state index is 12.2. The van der Waals surface area contributed by atoms with Crippen molar-refractivity contribution in [2.24, 2.45) is 10.9 Å². The molecule has 0 bridgehead atoms. The van der Waals surface area contributed by atoms with E-state index in [1.54, 1.807) is 0 Å². The summed E-state index contributed by atoms with van der Waals surface area (Å²) in [5, 5.41) is 6.55. The molecule has 2 aromatic rings. The maximum Gasteiger partial charge on any atom is 0.227 e. The Morgan fingerprint density at radius 2 is 1.90 bits per heavy atom. The highest BCUT2D eigenvalue weighted by Gasteiger charge is 2.26. The van der Waals surface area contributed by atoms with Crippen LogP contribution >= 0.6 is 24.0 Å². The Kier molecular flexibility index (Phi) is 8.13. The lowest BCUT2D eigenvalue weighted by Gasteiger charge is -2.24. The molecule has 6 heteroatoms. The summed E-state index contributed by atoms with van der Waals surface area (Å²) in [6, 6.07) is 18.8. The summed E-state index contributed by atoms with van der Waals surface area (Å²) in [6.45, 7) is 2.68. The predicted molar refractivity (Wildman–Crippen MR) is 133 cm³/mol. The number of anilines is 1. The van der Waals surface area contributed by atoms with Crippen molar-refractivity contribution in [3.05, 3.63) is 65.7 Å². The van der Waals surface area contributed by atoms with Crippen LogP contribution in [0.25, 0.3) is 0 Å². The Bertz CT molecular complexity index is 867. The molecule has 4 rings (SSSR count). The Morgan fingerprint density at radius 1 is 1.10 bits per heavy atom. The molecule has 30 heavy (non-hydrogen) atoms. The van der Waals surface area contributed by atoms with Crippen molar-refractivity contribution < 1.29 is 4.79 Å². The fourth-order valence-electron chi connectivity index (χ4n) is 4.14. The molecule has 1 aliphatic heterocycles. The van der Waals surface area contributed by atoms with Crippen LogP contribution in [0.4, 0.5) is 5.69 Å². The highest BCUT2D eigenvalue weighted by molar-refractivity contribution is 14.0. The number of nitrogens with zero attached hydrogens (tertiary/aromatic N) is 2. The molecule has 5 nitrogen and oxygen atoms in total. The lowest BCUT2D eigenvalue weighted by atomic mass is 9.85. The fraction of sp³-hybridized carbons (Fsp3) is 0.417. The average Bonchev–Trinajstić information content (AvgIpc) is 3.18. The SMILES string of the molecule is CN=C(NCc1cccc(NC(=O)C2CCC2)c1)N1CCC(c2ccccc2)C1.I. The minimum Gasteiger partial charge on any atom is -0.352 e. The number of nitrogens with one attached hydrogen (secondary N) is 2. The van der Waals surface area contributed by atoms with Crippen molar-refractivity contribution in [1.82, 2.24) is 10.2 Å². The van der Waals surface area contributed by atoms with Crippen molar-refractivity contribution >= 4 is 41.5 Å². The zero-order valence-electron chi connectivity index (χ0n) is 17.5. The number of rotatable bonds is 5.